The second-order valence-corrected chi connectivity index (χ2v) is 9.81. The molecule has 2 amide bonds. The maximum atomic E-state index is 12.7. The number of phenolic OH excluding ortho intramolecular Hbond substituents is 1. The molecule has 186 valence electrons. The van der Waals surface area contributed by atoms with Gasteiger partial charge in [0.15, 0.2) is 0 Å². The Morgan fingerprint density at radius 2 is 1.30 bits per heavy atom. The summed E-state index contributed by atoms with van der Waals surface area (Å²) in [6.45, 7) is 2.27. The van der Waals surface area contributed by atoms with Gasteiger partial charge in [0.25, 0.3) is 0 Å². The first-order valence-electron chi connectivity index (χ1n) is 13.5. The van der Waals surface area contributed by atoms with Crippen molar-refractivity contribution in [3.63, 3.8) is 0 Å². The lowest BCUT2D eigenvalue weighted by atomic mass is 9.98. The molecule has 33 heavy (non-hydrogen) atoms. The minimum atomic E-state index is -0.263. The first kappa shape index (κ1) is 27.2. The van der Waals surface area contributed by atoms with Crippen LogP contribution in [0.5, 0.6) is 5.75 Å². The van der Waals surface area contributed by atoms with E-state index in [1.54, 1.807) is 6.07 Å². The molecule has 3 N–H and O–H groups in total. The van der Waals surface area contributed by atoms with Crippen LogP contribution in [0, 0.1) is 5.92 Å². The Bertz CT molecular complexity index is 719. The average molecular weight is 459 g/mol. The van der Waals surface area contributed by atoms with Gasteiger partial charge >= 0.3 is 0 Å². The highest BCUT2D eigenvalue weighted by Gasteiger charge is 2.39. The van der Waals surface area contributed by atoms with Gasteiger partial charge in [-0.1, -0.05) is 110 Å². The van der Waals surface area contributed by atoms with Crippen molar-refractivity contribution in [2.45, 2.75) is 122 Å². The van der Waals surface area contributed by atoms with Crippen LogP contribution in [-0.4, -0.2) is 16.9 Å². The van der Waals surface area contributed by atoms with E-state index in [0.717, 1.165) is 24.2 Å². The summed E-state index contributed by atoms with van der Waals surface area (Å²) < 4.78 is 0. The van der Waals surface area contributed by atoms with Crippen molar-refractivity contribution >= 4 is 23.2 Å². The highest BCUT2D eigenvalue weighted by atomic mass is 16.3. The van der Waals surface area contributed by atoms with Gasteiger partial charge in [-0.2, -0.15) is 0 Å². The molecule has 1 heterocycles. The lowest BCUT2D eigenvalue weighted by Crippen LogP contribution is -2.30. The molecule has 5 heteroatoms. The Balaban J connectivity index is 1.47. The summed E-state index contributed by atoms with van der Waals surface area (Å²) in [4.78, 5) is 26.2. The van der Waals surface area contributed by atoms with E-state index in [0.29, 0.717) is 5.69 Å². The van der Waals surface area contributed by atoms with Gasteiger partial charge in [0, 0.05) is 24.1 Å². The topological polar surface area (TPSA) is 83.6 Å². The number of carbonyl (C=O) groups is 2. The molecule has 5 nitrogen and oxygen atoms in total. The molecule has 1 saturated heterocycles. The molecule has 1 aliphatic heterocycles. The minimum absolute atomic E-state index is 0.125. The van der Waals surface area contributed by atoms with Crippen molar-refractivity contribution in [1.82, 2.24) is 0 Å². The first-order valence-corrected chi connectivity index (χ1v) is 13.5. The van der Waals surface area contributed by atoms with E-state index < -0.39 is 0 Å². The summed E-state index contributed by atoms with van der Waals surface area (Å²) in [6, 6.07) is 4.51. The standard InChI is InChI=1S/C28H46N2O3/c1-2-3-4-5-6-7-8-9-10-11-12-13-14-15-16-17-18-23-21-27(32)30(28(23)33)25-20-19-24(29)22-26(25)31/h19-20,22-23,31H,2-18,21,29H2,1H3. The average Bonchev–Trinajstić information content (AvgIpc) is 3.06. The van der Waals surface area contributed by atoms with Gasteiger partial charge < -0.3 is 10.8 Å². The van der Waals surface area contributed by atoms with Gasteiger partial charge in [0.05, 0.1) is 5.69 Å². The zero-order valence-electron chi connectivity index (χ0n) is 20.8. The predicted molar refractivity (Wildman–Crippen MR) is 137 cm³/mol. The molecule has 1 aromatic carbocycles. The van der Waals surface area contributed by atoms with Crippen molar-refractivity contribution < 1.29 is 14.7 Å². The van der Waals surface area contributed by atoms with E-state index >= 15 is 0 Å². The maximum absolute atomic E-state index is 12.7. The fourth-order valence-electron chi connectivity index (χ4n) is 4.84. The van der Waals surface area contributed by atoms with Gasteiger partial charge in [0.2, 0.25) is 11.8 Å². The molecule has 0 aliphatic carbocycles. The number of hydrogen-bond donors (Lipinski definition) is 2. The molecule has 0 spiro atoms. The van der Waals surface area contributed by atoms with Crippen molar-refractivity contribution in [3.8, 4) is 5.75 Å². The first-order chi connectivity index (χ1) is 16.0. The number of nitrogens with two attached hydrogens (primary N) is 1. The third-order valence-corrected chi connectivity index (χ3v) is 6.89. The molecule has 0 bridgehead atoms. The van der Waals surface area contributed by atoms with Crippen LogP contribution in [0.1, 0.15) is 122 Å². The van der Waals surface area contributed by atoms with Crippen LogP contribution in [0.4, 0.5) is 11.4 Å². The second kappa shape index (κ2) is 15.7. The highest BCUT2D eigenvalue weighted by molar-refractivity contribution is 6.21. The number of nitrogen functional groups attached to an aromatic ring is 1. The normalized spacial score (nSPS) is 16.2. The number of phenols is 1. The molecule has 0 saturated carbocycles. The van der Waals surface area contributed by atoms with Crippen LogP contribution < -0.4 is 10.6 Å². The maximum Gasteiger partial charge on any atom is 0.237 e. The Hall–Kier alpha value is -2.04. The number of amides is 2. The monoisotopic (exact) mass is 458 g/mol. The summed E-state index contributed by atoms with van der Waals surface area (Å²) in [5.41, 5.74) is 6.30. The Kier molecular flexibility index (Phi) is 13.0. The van der Waals surface area contributed by atoms with Crippen molar-refractivity contribution in [1.29, 1.82) is 0 Å². The Morgan fingerprint density at radius 3 is 1.79 bits per heavy atom. The molecule has 0 radical (unpaired) electrons. The van der Waals surface area contributed by atoms with E-state index in [2.05, 4.69) is 6.92 Å². The smallest absolute Gasteiger partial charge is 0.237 e. The molecule has 2 rings (SSSR count). The molecule has 1 aromatic rings. The van der Waals surface area contributed by atoms with E-state index in [4.69, 9.17) is 5.73 Å². The quantitative estimate of drug-likeness (QED) is 0.135. The molecular formula is C28H46N2O3. The van der Waals surface area contributed by atoms with Crippen LogP contribution in [0.25, 0.3) is 0 Å². The number of nitrogens with zero attached hydrogens (tertiary/aromatic N) is 1. The van der Waals surface area contributed by atoms with Crippen molar-refractivity contribution in [2.75, 3.05) is 10.6 Å². The van der Waals surface area contributed by atoms with Crippen LogP contribution in [0.15, 0.2) is 18.2 Å². The third-order valence-electron chi connectivity index (χ3n) is 6.89. The van der Waals surface area contributed by atoms with E-state index in [-0.39, 0.29) is 35.6 Å². The molecule has 1 atom stereocenters. The summed E-state index contributed by atoms with van der Waals surface area (Å²) in [7, 11) is 0. The number of aromatic hydroxyl groups is 1. The lowest BCUT2D eigenvalue weighted by molar-refractivity contribution is -0.122. The Labute approximate surface area is 201 Å². The van der Waals surface area contributed by atoms with Crippen molar-refractivity contribution in [2.24, 2.45) is 5.92 Å². The van der Waals surface area contributed by atoms with Gasteiger partial charge in [-0.05, 0) is 18.6 Å². The zero-order chi connectivity index (χ0) is 23.9. The number of anilines is 2. The number of hydrogen-bond acceptors (Lipinski definition) is 4. The fraction of sp³-hybridized carbons (Fsp3) is 0.714. The third kappa shape index (κ3) is 9.77. The van der Waals surface area contributed by atoms with Gasteiger partial charge in [-0.25, -0.2) is 4.90 Å². The lowest BCUT2D eigenvalue weighted by Gasteiger charge is -2.16. The van der Waals surface area contributed by atoms with Gasteiger partial charge in [-0.15, -0.1) is 0 Å². The Morgan fingerprint density at radius 1 is 0.818 bits per heavy atom. The molecule has 1 unspecified atom stereocenters. The van der Waals surface area contributed by atoms with Crippen LogP contribution in [0.2, 0.25) is 0 Å². The number of unbranched alkanes of at least 4 members (excludes halogenated alkanes) is 15. The number of rotatable bonds is 18. The zero-order valence-corrected chi connectivity index (χ0v) is 20.8. The number of carbonyl (C=O) groups excluding carboxylic acids is 2. The van der Waals surface area contributed by atoms with Crippen LogP contribution in [0.3, 0.4) is 0 Å². The van der Waals surface area contributed by atoms with Gasteiger partial charge in [0.1, 0.15) is 5.75 Å². The van der Waals surface area contributed by atoms with Gasteiger partial charge in [-0.3, -0.25) is 9.59 Å². The van der Waals surface area contributed by atoms with Crippen LogP contribution in [-0.2, 0) is 9.59 Å². The summed E-state index contributed by atoms with van der Waals surface area (Å²) >= 11 is 0. The molecule has 1 aliphatic rings. The molecular weight excluding hydrogens is 412 g/mol. The van der Waals surface area contributed by atoms with E-state index in [1.807, 2.05) is 0 Å². The van der Waals surface area contributed by atoms with E-state index in [1.165, 1.54) is 102 Å². The number of imide groups is 1. The summed E-state index contributed by atoms with van der Waals surface area (Å²) in [6.07, 6.45) is 22.1. The fourth-order valence-corrected chi connectivity index (χ4v) is 4.84. The molecule has 0 aromatic heterocycles. The largest absolute Gasteiger partial charge is 0.506 e. The summed E-state index contributed by atoms with van der Waals surface area (Å²) in [5, 5.41) is 10.1. The number of benzene rings is 1. The second-order valence-electron chi connectivity index (χ2n) is 9.81. The van der Waals surface area contributed by atoms with Crippen LogP contribution >= 0.6 is 0 Å². The van der Waals surface area contributed by atoms with E-state index in [9.17, 15) is 14.7 Å². The highest BCUT2D eigenvalue weighted by Crippen LogP contribution is 2.35. The minimum Gasteiger partial charge on any atom is -0.506 e. The molecule has 1 fully saturated rings. The summed E-state index contributed by atoms with van der Waals surface area (Å²) in [5.74, 6) is -0.816. The van der Waals surface area contributed by atoms with Crippen molar-refractivity contribution in [3.05, 3.63) is 18.2 Å². The predicted octanol–water partition coefficient (Wildman–Crippen LogP) is 7.51. The SMILES string of the molecule is CCCCCCCCCCCCCCCCCCC1CC(=O)N(c2ccc(N)cc2O)C1=O.